The summed E-state index contributed by atoms with van der Waals surface area (Å²) in [5.41, 5.74) is 0. The molecule has 0 aliphatic heterocycles. The van der Waals surface area contributed by atoms with Gasteiger partial charge < -0.3 is 10.2 Å². The number of hydrogen-bond acceptors (Lipinski definition) is 3. The number of aliphatic hydroxyl groups excluding tert-OH is 2. The van der Waals surface area contributed by atoms with E-state index in [1.165, 1.54) is 0 Å². The molecule has 76 valence electrons. The lowest BCUT2D eigenvalue weighted by Crippen LogP contribution is -2.02. The number of aliphatic hydroxyl groups is 2. The highest BCUT2D eigenvalue weighted by atomic mass is 16.3. The third-order valence-corrected chi connectivity index (χ3v) is 1.44. The van der Waals surface area contributed by atoms with Crippen molar-refractivity contribution in [3.63, 3.8) is 0 Å². The molecule has 0 fully saturated rings. The summed E-state index contributed by atoms with van der Waals surface area (Å²) >= 11 is 0. The van der Waals surface area contributed by atoms with Crippen molar-refractivity contribution in [2.45, 2.75) is 25.7 Å². The van der Waals surface area contributed by atoms with Gasteiger partial charge in [-0.1, -0.05) is 17.8 Å². The Hall–Kier alpha value is -1.29. The summed E-state index contributed by atoms with van der Waals surface area (Å²) in [6, 6.07) is 0. The number of ketones is 1. The molecule has 0 saturated carbocycles. The second-order valence-electron chi connectivity index (χ2n) is 2.59. The summed E-state index contributed by atoms with van der Waals surface area (Å²) in [4.78, 5) is 10.6. The largest absolute Gasteiger partial charge is 0.389 e. The first-order valence-electron chi connectivity index (χ1n) is 4.46. The highest BCUT2D eigenvalue weighted by Crippen LogP contribution is 1.94. The fourth-order valence-corrected chi connectivity index (χ4v) is 0.766. The third kappa shape index (κ3) is 8.80. The minimum Gasteiger partial charge on any atom is -0.389 e. The standard InChI is InChI=1S/C11H14O3/c12-9-7-5-3-1-2-4-6-8-11(14)10-13/h12-13H,3-4,6,8-10H2. The van der Waals surface area contributed by atoms with Crippen molar-refractivity contribution in [1.82, 2.24) is 0 Å². The average Bonchev–Trinajstić information content (AvgIpc) is 2.21. The maximum atomic E-state index is 10.6. The summed E-state index contributed by atoms with van der Waals surface area (Å²) in [6.45, 7) is -0.512. The van der Waals surface area contributed by atoms with Crippen LogP contribution >= 0.6 is 0 Å². The zero-order valence-corrected chi connectivity index (χ0v) is 8.05. The van der Waals surface area contributed by atoms with Gasteiger partial charge in [-0.05, 0) is 6.42 Å². The molecule has 0 heterocycles. The molecule has 2 N–H and O–H groups in total. The Morgan fingerprint density at radius 2 is 1.79 bits per heavy atom. The minimum atomic E-state index is -0.380. The van der Waals surface area contributed by atoms with Crippen LogP contribution in [0.4, 0.5) is 0 Å². The molecule has 14 heavy (non-hydrogen) atoms. The molecule has 0 spiro atoms. The van der Waals surface area contributed by atoms with Gasteiger partial charge in [0.15, 0.2) is 5.78 Å². The molecular formula is C11H14O3. The molecule has 0 unspecified atom stereocenters. The van der Waals surface area contributed by atoms with Gasteiger partial charge in [-0.3, -0.25) is 4.79 Å². The molecule has 0 aliphatic carbocycles. The number of unbranched alkanes of at least 4 members (excludes halogenated alkanes) is 1. The molecular weight excluding hydrogens is 180 g/mol. The van der Waals surface area contributed by atoms with Gasteiger partial charge in [0, 0.05) is 12.8 Å². The number of hydrogen-bond donors (Lipinski definition) is 2. The maximum absolute atomic E-state index is 10.6. The van der Waals surface area contributed by atoms with Crippen molar-refractivity contribution in [3.05, 3.63) is 0 Å². The number of rotatable bonds is 4. The van der Waals surface area contributed by atoms with E-state index >= 15 is 0 Å². The predicted molar refractivity (Wildman–Crippen MR) is 53.2 cm³/mol. The van der Waals surface area contributed by atoms with Crippen molar-refractivity contribution in [1.29, 1.82) is 0 Å². The van der Waals surface area contributed by atoms with Gasteiger partial charge in [0.2, 0.25) is 0 Å². The van der Waals surface area contributed by atoms with Gasteiger partial charge >= 0.3 is 0 Å². The van der Waals surface area contributed by atoms with Crippen molar-refractivity contribution >= 4 is 5.78 Å². The van der Waals surface area contributed by atoms with E-state index in [-0.39, 0.29) is 19.0 Å². The molecule has 0 aromatic rings. The monoisotopic (exact) mass is 194 g/mol. The van der Waals surface area contributed by atoms with Crippen LogP contribution in [0, 0.1) is 23.7 Å². The maximum Gasteiger partial charge on any atom is 0.158 e. The summed E-state index contributed by atoms with van der Waals surface area (Å²) in [6.07, 6.45) is 2.16. The van der Waals surface area contributed by atoms with E-state index in [0.29, 0.717) is 25.7 Å². The molecule has 0 aromatic carbocycles. The average molecular weight is 194 g/mol. The van der Waals surface area contributed by atoms with Crippen LogP contribution in [0.2, 0.25) is 0 Å². The van der Waals surface area contributed by atoms with Crippen LogP contribution < -0.4 is 0 Å². The smallest absolute Gasteiger partial charge is 0.158 e. The molecule has 0 bridgehead atoms. The molecule has 0 aromatic heterocycles. The molecule has 3 heteroatoms. The lowest BCUT2D eigenvalue weighted by molar-refractivity contribution is -0.121. The topological polar surface area (TPSA) is 57.5 Å². The highest BCUT2D eigenvalue weighted by molar-refractivity contribution is 5.79. The molecule has 0 amide bonds. The van der Waals surface area contributed by atoms with Crippen LogP contribution in [0.1, 0.15) is 25.7 Å². The van der Waals surface area contributed by atoms with E-state index in [0.717, 1.165) is 0 Å². The molecule has 0 saturated heterocycles. The molecule has 0 atom stereocenters. The van der Waals surface area contributed by atoms with Crippen molar-refractivity contribution in [2.24, 2.45) is 0 Å². The first kappa shape index (κ1) is 12.7. The van der Waals surface area contributed by atoms with Crippen molar-refractivity contribution < 1.29 is 15.0 Å². The fourth-order valence-electron chi connectivity index (χ4n) is 0.766. The Kier molecular flexibility index (Phi) is 8.89. The zero-order valence-electron chi connectivity index (χ0n) is 8.05. The van der Waals surface area contributed by atoms with Gasteiger partial charge in [-0.25, -0.2) is 0 Å². The van der Waals surface area contributed by atoms with E-state index in [9.17, 15) is 4.79 Å². The van der Waals surface area contributed by atoms with Crippen LogP contribution in [0.25, 0.3) is 0 Å². The molecule has 3 nitrogen and oxygen atoms in total. The highest BCUT2D eigenvalue weighted by Gasteiger charge is 1.96. The first-order chi connectivity index (χ1) is 6.81. The third-order valence-electron chi connectivity index (χ3n) is 1.44. The lowest BCUT2D eigenvalue weighted by Gasteiger charge is -1.91. The molecule has 0 radical (unpaired) electrons. The van der Waals surface area contributed by atoms with Crippen LogP contribution in [-0.2, 0) is 4.79 Å². The first-order valence-corrected chi connectivity index (χ1v) is 4.46. The Labute approximate surface area is 84.1 Å². The van der Waals surface area contributed by atoms with Crippen LogP contribution in [0.15, 0.2) is 0 Å². The normalized spacial score (nSPS) is 8.14. The Morgan fingerprint density at radius 1 is 1.07 bits per heavy atom. The van der Waals surface area contributed by atoms with Gasteiger partial charge in [0.1, 0.15) is 13.2 Å². The summed E-state index contributed by atoms with van der Waals surface area (Å²) in [7, 11) is 0. The van der Waals surface area contributed by atoms with Crippen LogP contribution in [0.5, 0.6) is 0 Å². The quantitative estimate of drug-likeness (QED) is 0.493. The number of carbonyl (C=O) groups excluding carboxylic acids is 1. The van der Waals surface area contributed by atoms with Gasteiger partial charge in [0.05, 0.1) is 6.42 Å². The van der Waals surface area contributed by atoms with Crippen molar-refractivity contribution in [3.8, 4) is 23.7 Å². The van der Waals surface area contributed by atoms with E-state index < -0.39 is 0 Å². The second kappa shape index (κ2) is 9.80. The summed E-state index contributed by atoms with van der Waals surface area (Å²) in [5, 5.41) is 16.7. The Balaban J connectivity index is 3.39. The Bertz CT molecular complexity index is 272. The molecule has 0 aliphatic rings. The SMILES string of the molecule is O=C(CO)CCCC#CCC#CCO. The minimum absolute atomic E-state index is 0.132. The fraction of sp³-hybridized carbons (Fsp3) is 0.545. The van der Waals surface area contributed by atoms with Crippen molar-refractivity contribution in [2.75, 3.05) is 13.2 Å². The van der Waals surface area contributed by atoms with Gasteiger partial charge in [-0.2, -0.15) is 0 Å². The predicted octanol–water partition coefficient (Wildman–Crippen LogP) is 0.107. The summed E-state index contributed by atoms with van der Waals surface area (Å²) < 4.78 is 0. The van der Waals surface area contributed by atoms with E-state index in [1.54, 1.807) is 0 Å². The summed E-state index contributed by atoms with van der Waals surface area (Å²) in [5.74, 6) is 10.7. The molecule has 0 rings (SSSR count). The Morgan fingerprint density at radius 3 is 2.43 bits per heavy atom. The lowest BCUT2D eigenvalue weighted by atomic mass is 10.2. The van der Waals surface area contributed by atoms with E-state index in [1.807, 2.05) is 0 Å². The van der Waals surface area contributed by atoms with E-state index in [2.05, 4.69) is 23.7 Å². The van der Waals surface area contributed by atoms with Crippen LogP contribution in [-0.4, -0.2) is 29.2 Å². The van der Waals surface area contributed by atoms with Gasteiger partial charge in [0.25, 0.3) is 0 Å². The number of carbonyl (C=O) groups is 1. The number of Topliss-reactive ketones (excluding diaryl/α,β-unsaturated/α-hetero) is 1. The van der Waals surface area contributed by atoms with E-state index in [4.69, 9.17) is 10.2 Å². The second-order valence-corrected chi connectivity index (χ2v) is 2.59. The van der Waals surface area contributed by atoms with Crippen LogP contribution in [0.3, 0.4) is 0 Å². The zero-order chi connectivity index (χ0) is 10.6. The van der Waals surface area contributed by atoms with Gasteiger partial charge in [-0.15, -0.1) is 5.92 Å².